The first-order valence-corrected chi connectivity index (χ1v) is 5.56. The summed E-state index contributed by atoms with van der Waals surface area (Å²) in [4.78, 5) is 4.25. The van der Waals surface area contributed by atoms with Gasteiger partial charge in [0.1, 0.15) is 11.3 Å². The number of nitrogens with zero attached hydrogens (tertiary/aromatic N) is 1. The zero-order valence-electron chi connectivity index (χ0n) is 9.77. The Kier molecular flexibility index (Phi) is 2.30. The highest BCUT2D eigenvalue weighted by Crippen LogP contribution is 2.26. The maximum Gasteiger partial charge on any atom is 0.227 e. The summed E-state index contributed by atoms with van der Waals surface area (Å²) in [6, 6.07) is 9.85. The number of halogens is 1. The fourth-order valence-corrected chi connectivity index (χ4v) is 1.80. The average Bonchev–Trinajstić information content (AvgIpc) is 2.75. The standard InChI is InChI=1S/C14H11FN2O/c1-8-2-3-9(6-11(8)16)14-17-12-7-10(15)4-5-13(12)18-14/h2-7H,16H2,1H3. The third-order valence-corrected chi connectivity index (χ3v) is 2.88. The third kappa shape index (κ3) is 1.72. The van der Waals surface area contributed by atoms with Crippen molar-refractivity contribution in [1.82, 2.24) is 4.98 Å². The molecule has 0 unspecified atom stereocenters. The maximum absolute atomic E-state index is 13.1. The highest BCUT2D eigenvalue weighted by atomic mass is 19.1. The van der Waals surface area contributed by atoms with Gasteiger partial charge in [-0.05, 0) is 36.8 Å². The fraction of sp³-hybridized carbons (Fsp3) is 0.0714. The maximum atomic E-state index is 13.1. The lowest BCUT2D eigenvalue weighted by Gasteiger charge is -2.00. The molecule has 0 saturated carbocycles. The largest absolute Gasteiger partial charge is 0.436 e. The molecule has 2 aromatic carbocycles. The highest BCUT2D eigenvalue weighted by Gasteiger charge is 2.09. The van der Waals surface area contributed by atoms with Crippen LogP contribution in [0.3, 0.4) is 0 Å². The first-order valence-electron chi connectivity index (χ1n) is 5.56. The molecule has 1 aromatic heterocycles. The molecule has 3 nitrogen and oxygen atoms in total. The Balaban J connectivity index is 2.16. The number of benzene rings is 2. The molecule has 0 saturated heterocycles. The molecule has 3 aromatic rings. The molecule has 18 heavy (non-hydrogen) atoms. The summed E-state index contributed by atoms with van der Waals surface area (Å²) in [6.45, 7) is 1.93. The Hall–Kier alpha value is -2.36. The van der Waals surface area contributed by atoms with E-state index in [2.05, 4.69) is 4.98 Å². The molecule has 0 amide bonds. The zero-order valence-corrected chi connectivity index (χ0v) is 9.77. The second-order valence-electron chi connectivity index (χ2n) is 4.20. The lowest BCUT2D eigenvalue weighted by Crippen LogP contribution is -1.89. The second-order valence-corrected chi connectivity index (χ2v) is 4.20. The Labute approximate surface area is 103 Å². The van der Waals surface area contributed by atoms with Crippen LogP contribution in [0.2, 0.25) is 0 Å². The number of rotatable bonds is 1. The van der Waals surface area contributed by atoms with Crippen molar-refractivity contribution in [2.24, 2.45) is 0 Å². The van der Waals surface area contributed by atoms with E-state index in [1.54, 1.807) is 12.1 Å². The lowest BCUT2D eigenvalue weighted by atomic mass is 10.1. The molecule has 0 spiro atoms. The van der Waals surface area contributed by atoms with Crippen LogP contribution in [-0.2, 0) is 0 Å². The van der Waals surface area contributed by atoms with Gasteiger partial charge in [0.2, 0.25) is 5.89 Å². The molecule has 4 heteroatoms. The van der Waals surface area contributed by atoms with Gasteiger partial charge in [-0.1, -0.05) is 6.07 Å². The van der Waals surface area contributed by atoms with E-state index in [1.807, 2.05) is 19.1 Å². The predicted molar refractivity (Wildman–Crippen MR) is 68.6 cm³/mol. The van der Waals surface area contributed by atoms with Crippen LogP contribution in [0.5, 0.6) is 0 Å². The van der Waals surface area contributed by atoms with Gasteiger partial charge >= 0.3 is 0 Å². The molecule has 0 atom stereocenters. The van der Waals surface area contributed by atoms with E-state index < -0.39 is 0 Å². The van der Waals surface area contributed by atoms with Crippen molar-refractivity contribution in [2.45, 2.75) is 6.92 Å². The van der Waals surface area contributed by atoms with Crippen LogP contribution in [0.15, 0.2) is 40.8 Å². The van der Waals surface area contributed by atoms with Crippen molar-refractivity contribution in [3.8, 4) is 11.5 Å². The third-order valence-electron chi connectivity index (χ3n) is 2.88. The molecule has 0 bridgehead atoms. The van der Waals surface area contributed by atoms with Gasteiger partial charge in [-0.15, -0.1) is 0 Å². The Morgan fingerprint density at radius 2 is 2.00 bits per heavy atom. The van der Waals surface area contributed by atoms with Gasteiger partial charge in [0.25, 0.3) is 0 Å². The first-order chi connectivity index (χ1) is 8.63. The minimum Gasteiger partial charge on any atom is -0.436 e. The van der Waals surface area contributed by atoms with Crippen molar-refractivity contribution >= 4 is 16.8 Å². The average molecular weight is 242 g/mol. The summed E-state index contributed by atoms with van der Waals surface area (Å²) in [5.74, 6) is 0.119. The smallest absolute Gasteiger partial charge is 0.227 e. The minimum absolute atomic E-state index is 0.328. The van der Waals surface area contributed by atoms with E-state index in [0.29, 0.717) is 22.7 Å². The van der Waals surface area contributed by atoms with Gasteiger partial charge < -0.3 is 10.2 Å². The van der Waals surface area contributed by atoms with E-state index in [1.165, 1.54) is 12.1 Å². The number of aryl methyl sites for hydroxylation is 1. The Bertz CT molecular complexity index is 734. The summed E-state index contributed by atoms with van der Waals surface area (Å²) in [6.07, 6.45) is 0. The van der Waals surface area contributed by atoms with Crippen LogP contribution >= 0.6 is 0 Å². The van der Waals surface area contributed by atoms with Crippen molar-refractivity contribution < 1.29 is 8.81 Å². The van der Waals surface area contributed by atoms with Crippen LogP contribution in [0.4, 0.5) is 10.1 Å². The summed E-state index contributed by atoms with van der Waals surface area (Å²) < 4.78 is 18.6. The topological polar surface area (TPSA) is 52.0 Å². The predicted octanol–water partition coefficient (Wildman–Crippen LogP) is 3.52. The van der Waals surface area contributed by atoms with Gasteiger partial charge in [0.05, 0.1) is 0 Å². The van der Waals surface area contributed by atoms with Crippen molar-refractivity contribution in [3.05, 3.63) is 47.8 Å². The molecule has 0 aliphatic rings. The molecular formula is C14H11FN2O. The molecule has 1 heterocycles. The fourth-order valence-electron chi connectivity index (χ4n) is 1.80. The van der Waals surface area contributed by atoms with Gasteiger partial charge in [-0.2, -0.15) is 0 Å². The number of nitrogens with two attached hydrogens (primary N) is 1. The number of hydrogen-bond acceptors (Lipinski definition) is 3. The van der Waals surface area contributed by atoms with Gasteiger partial charge in [0.15, 0.2) is 5.58 Å². The van der Waals surface area contributed by atoms with Crippen LogP contribution in [0.1, 0.15) is 5.56 Å². The Morgan fingerprint density at radius 3 is 2.78 bits per heavy atom. The van der Waals surface area contributed by atoms with Crippen LogP contribution in [0.25, 0.3) is 22.6 Å². The molecule has 0 aliphatic carbocycles. The Morgan fingerprint density at radius 1 is 1.17 bits per heavy atom. The summed E-state index contributed by atoms with van der Waals surface area (Å²) in [5.41, 5.74) is 9.38. The number of nitrogen functional groups attached to an aromatic ring is 1. The van der Waals surface area contributed by atoms with E-state index in [0.717, 1.165) is 11.1 Å². The summed E-state index contributed by atoms with van der Waals surface area (Å²) in [7, 11) is 0. The van der Waals surface area contributed by atoms with Gasteiger partial charge in [-0.3, -0.25) is 0 Å². The molecular weight excluding hydrogens is 231 g/mol. The second kappa shape index (κ2) is 3.84. The molecule has 3 rings (SSSR count). The first kappa shape index (κ1) is 10.8. The van der Waals surface area contributed by atoms with Gasteiger partial charge in [-0.25, -0.2) is 9.37 Å². The van der Waals surface area contributed by atoms with E-state index >= 15 is 0 Å². The van der Waals surface area contributed by atoms with Crippen molar-refractivity contribution in [2.75, 3.05) is 5.73 Å². The highest BCUT2D eigenvalue weighted by molar-refractivity contribution is 5.76. The SMILES string of the molecule is Cc1ccc(-c2nc3cc(F)ccc3o2)cc1N. The molecule has 0 radical (unpaired) electrons. The van der Waals surface area contributed by atoms with E-state index in [-0.39, 0.29) is 5.82 Å². The van der Waals surface area contributed by atoms with Gasteiger partial charge in [0, 0.05) is 17.3 Å². The number of aromatic nitrogens is 1. The molecule has 0 fully saturated rings. The van der Waals surface area contributed by atoms with Crippen LogP contribution in [0, 0.1) is 12.7 Å². The normalized spacial score (nSPS) is 11.0. The van der Waals surface area contributed by atoms with Crippen molar-refractivity contribution in [3.63, 3.8) is 0 Å². The monoisotopic (exact) mass is 242 g/mol. The van der Waals surface area contributed by atoms with E-state index in [4.69, 9.17) is 10.2 Å². The lowest BCUT2D eigenvalue weighted by molar-refractivity contribution is 0.614. The van der Waals surface area contributed by atoms with Crippen LogP contribution < -0.4 is 5.73 Å². The molecule has 2 N–H and O–H groups in total. The summed E-state index contributed by atoms with van der Waals surface area (Å²) >= 11 is 0. The quantitative estimate of drug-likeness (QED) is 0.664. The minimum atomic E-state index is -0.328. The molecule has 90 valence electrons. The zero-order chi connectivity index (χ0) is 12.7. The van der Waals surface area contributed by atoms with E-state index in [9.17, 15) is 4.39 Å². The summed E-state index contributed by atoms with van der Waals surface area (Å²) in [5, 5.41) is 0. The number of anilines is 1. The number of oxazole rings is 1. The number of hydrogen-bond donors (Lipinski definition) is 1. The van der Waals surface area contributed by atoms with Crippen LogP contribution in [-0.4, -0.2) is 4.98 Å². The number of fused-ring (bicyclic) bond motifs is 1. The molecule has 0 aliphatic heterocycles. The van der Waals surface area contributed by atoms with Crippen molar-refractivity contribution in [1.29, 1.82) is 0 Å².